The summed E-state index contributed by atoms with van der Waals surface area (Å²) in [6.07, 6.45) is 4.42. The molecule has 7 nitrogen and oxygen atoms in total. The third-order valence-corrected chi connectivity index (χ3v) is 5.06. The Morgan fingerprint density at radius 2 is 1.78 bits per heavy atom. The van der Waals surface area contributed by atoms with Gasteiger partial charge in [0.1, 0.15) is 0 Å². The first-order valence-electron chi connectivity index (χ1n) is 9.76. The highest BCUT2D eigenvalue weighted by Gasteiger charge is 2.29. The van der Waals surface area contributed by atoms with E-state index < -0.39 is 0 Å². The Morgan fingerprint density at radius 3 is 2.41 bits per heavy atom. The Balaban J connectivity index is 1.38. The molecular weight excluding hydrogens is 344 g/mol. The van der Waals surface area contributed by atoms with Gasteiger partial charge in [0.15, 0.2) is 0 Å². The Kier molecular flexibility index (Phi) is 6.32. The molecule has 3 rings (SSSR count). The molecule has 0 radical (unpaired) electrons. The van der Waals surface area contributed by atoms with E-state index in [1.54, 1.807) is 0 Å². The van der Waals surface area contributed by atoms with Crippen LogP contribution in [0.2, 0.25) is 0 Å². The molecule has 0 aromatic heterocycles. The number of amides is 4. The maximum atomic E-state index is 12.0. The molecule has 1 saturated heterocycles. The van der Waals surface area contributed by atoms with E-state index >= 15 is 0 Å². The second-order valence-corrected chi connectivity index (χ2v) is 7.35. The summed E-state index contributed by atoms with van der Waals surface area (Å²) >= 11 is 0. The number of hydrogen-bond donors (Lipinski definition) is 3. The van der Waals surface area contributed by atoms with Crippen molar-refractivity contribution in [2.45, 2.75) is 45.1 Å². The van der Waals surface area contributed by atoms with Crippen LogP contribution in [0, 0.1) is 5.92 Å². The highest BCUT2D eigenvalue weighted by atomic mass is 16.2. The predicted molar refractivity (Wildman–Crippen MR) is 103 cm³/mol. The second kappa shape index (κ2) is 8.88. The lowest BCUT2D eigenvalue weighted by molar-refractivity contribution is -0.130. The first-order valence-corrected chi connectivity index (χ1v) is 9.76. The van der Waals surface area contributed by atoms with E-state index in [-0.39, 0.29) is 29.8 Å². The number of carbonyl (C=O) groups is 3. The average molecular weight is 372 g/mol. The van der Waals surface area contributed by atoms with Crippen molar-refractivity contribution in [2.24, 2.45) is 5.92 Å². The first kappa shape index (κ1) is 19.2. The maximum absolute atomic E-state index is 12.0. The molecule has 7 heteroatoms. The molecule has 1 aromatic rings. The molecule has 1 heterocycles. The van der Waals surface area contributed by atoms with Gasteiger partial charge in [-0.1, -0.05) is 12.1 Å². The van der Waals surface area contributed by atoms with Crippen molar-refractivity contribution >= 4 is 23.5 Å². The van der Waals surface area contributed by atoms with Crippen LogP contribution < -0.4 is 16.0 Å². The summed E-state index contributed by atoms with van der Waals surface area (Å²) in [5.74, 6) is 0.354. The van der Waals surface area contributed by atoms with Crippen LogP contribution in [-0.2, 0) is 9.59 Å². The van der Waals surface area contributed by atoms with E-state index in [0.29, 0.717) is 13.0 Å². The van der Waals surface area contributed by atoms with E-state index in [9.17, 15) is 14.4 Å². The van der Waals surface area contributed by atoms with Crippen molar-refractivity contribution < 1.29 is 14.4 Å². The molecule has 27 heavy (non-hydrogen) atoms. The summed E-state index contributed by atoms with van der Waals surface area (Å²) in [6.45, 7) is 3.89. The van der Waals surface area contributed by atoms with Crippen LogP contribution >= 0.6 is 0 Å². The lowest BCUT2D eigenvalue weighted by Gasteiger charge is -2.17. The number of benzene rings is 1. The summed E-state index contributed by atoms with van der Waals surface area (Å²) in [5.41, 5.74) is 1.72. The van der Waals surface area contributed by atoms with Gasteiger partial charge in [-0.25, -0.2) is 4.79 Å². The van der Waals surface area contributed by atoms with Gasteiger partial charge in [-0.2, -0.15) is 0 Å². The molecule has 2 fully saturated rings. The standard InChI is InChI=1S/C20H28N4O3/c1-14(15-6-8-17(9-7-15)23-19(26)16-4-5-16)22-20(27)21-11-10-18(25)24-12-2-3-13-24/h6-9,14,16H,2-5,10-13H2,1H3,(H,23,26)(H2,21,22,27)/t14-/m1/s1. The number of carbonyl (C=O) groups excluding carboxylic acids is 3. The quantitative estimate of drug-likeness (QED) is 0.686. The van der Waals surface area contributed by atoms with Crippen LogP contribution in [0.15, 0.2) is 24.3 Å². The summed E-state index contributed by atoms with van der Waals surface area (Å²) < 4.78 is 0. The van der Waals surface area contributed by atoms with Crippen molar-refractivity contribution in [1.29, 1.82) is 0 Å². The molecule has 1 aromatic carbocycles. The molecular formula is C20H28N4O3. The highest BCUT2D eigenvalue weighted by molar-refractivity contribution is 5.94. The molecule has 1 saturated carbocycles. The van der Waals surface area contributed by atoms with Gasteiger partial charge in [-0.3, -0.25) is 9.59 Å². The minimum Gasteiger partial charge on any atom is -0.343 e. The van der Waals surface area contributed by atoms with Crippen molar-refractivity contribution in [3.63, 3.8) is 0 Å². The summed E-state index contributed by atoms with van der Waals surface area (Å²) in [7, 11) is 0. The lowest BCUT2D eigenvalue weighted by atomic mass is 10.1. The van der Waals surface area contributed by atoms with Crippen LogP contribution in [0.4, 0.5) is 10.5 Å². The molecule has 4 amide bonds. The molecule has 3 N–H and O–H groups in total. The average Bonchev–Trinajstić information content (AvgIpc) is 3.36. The normalized spacial score (nSPS) is 17.3. The van der Waals surface area contributed by atoms with Crippen LogP contribution in [0.25, 0.3) is 0 Å². The first-order chi connectivity index (χ1) is 13.0. The fourth-order valence-electron chi connectivity index (χ4n) is 3.18. The zero-order chi connectivity index (χ0) is 19.2. The Hall–Kier alpha value is -2.57. The number of nitrogens with one attached hydrogen (secondary N) is 3. The highest BCUT2D eigenvalue weighted by Crippen LogP contribution is 2.30. The van der Waals surface area contributed by atoms with Crippen LogP contribution in [-0.4, -0.2) is 42.4 Å². The number of nitrogens with zero attached hydrogens (tertiary/aromatic N) is 1. The Labute approximate surface area is 159 Å². The van der Waals surface area contributed by atoms with Gasteiger partial charge >= 0.3 is 6.03 Å². The van der Waals surface area contributed by atoms with E-state index in [2.05, 4.69) is 16.0 Å². The van der Waals surface area contributed by atoms with Crippen molar-refractivity contribution in [3.05, 3.63) is 29.8 Å². The molecule has 0 spiro atoms. The minimum atomic E-state index is -0.289. The largest absolute Gasteiger partial charge is 0.343 e. The second-order valence-electron chi connectivity index (χ2n) is 7.35. The molecule has 0 bridgehead atoms. The summed E-state index contributed by atoms with van der Waals surface area (Å²) in [6, 6.07) is 7.02. The topological polar surface area (TPSA) is 90.5 Å². The van der Waals surface area contributed by atoms with E-state index in [0.717, 1.165) is 50.0 Å². The van der Waals surface area contributed by atoms with Gasteiger partial charge in [-0.05, 0) is 50.3 Å². The predicted octanol–water partition coefficient (Wildman–Crippen LogP) is 2.41. The SMILES string of the molecule is C[C@@H](NC(=O)NCCC(=O)N1CCCC1)c1ccc(NC(=O)C2CC2)cc1. The molecule has 1 aliphatic heterocycles. The number of hydrogen-bond acceptors (Lipinski definition) is 3. The Morgan fingerprint density at radius 1 is 1.11 bits per heavy atom. The van der Waals surface area contributed by atoms with Crippen molar-refractivity contribution in [3.8, 4) is 0 Å². The summed E-state index contributed by atoms with van der Waals surface area (Å²) in [4.78, 5) is 37.6. The monoisotopic (exact) mass is 372 g/mol. The molecule has 1 aliphatic carbocycles. The number of urea groups is 1. The lowest BCUT2D eigenvalue weighted by Crippen LogP contribution is -2.39. The minimum absolute atomic E-state index is 0.0804. The van der Waals surface area contributed by atoms with Gasteiger partial charge < -0.3 is 20.9 Å². The molecule has 2 aliphatic rings. The van der Waals surface area contributed by atoms with Crippen molar-refractivity contribution in [2.75, 3.05) is 25.0 Å². The van der Waals surface area contributed by atoms with Crippen LogP contribution in [0.5, 0.6) is 0 Å². The summed E-state index contributed by atoms with van der Waals surface area (Å²) in [5, 5.41) is 8.50. The smallest absolute Gasteiger partial charge is 0.315 e. The molecule has 146 valence electrons. The zero-order valence-electron chi connectivity index (χ0n) is 15.8. The molecule has 1 atom stereocenters. The molecule has 0 unspecified atom stereocenters. The Bertz CT molecular complexity index is 679. The fourth-order valence-corrected chi connectivity index (χ4v) is 3.18. The number of anilines is 1. The van der Waals surface area contributed by atoms with Crippen molar-refractivity contribution in [1.82, 2.24) is 15.5 Å². The van der Waals surface area contributed by atoms with Gasteiger partial charge in [-0.15, -0.1) is 0 Å². The van der Waals surface area contributed by atoms with E-state index in [4.69, 9.17) is 0 Å². The van der Waals surface area contributed by atoms with E-state index in [1.807, 2.05) is 36.1 Å². The third-order valence-electron chi connectivity index (χ3n) is 5.06. The zero-order valence-corrected chi connectivity index (χ0v) is 15.8. The van der Waals surface area contributed by atoms with Crippen LogP contribution in [0.1, 0.15) is 50.6 Å². The van der Waals surface area contributed by atoms with Gasteiger partial charge in [0.2, 0.25) is 11.8 Å². The number of rotatable bonds is 7. The van der Waals surface area contributed by atoms with Gasteiger partial charge in [0, 0.05) is 37.7 Å². The number of likely N-dealkylation sites (tertiary alicyclic amines) is 1. The van der Waals surface area contributed by atoms with E-state index in [1.165, 1.54) is 0 Å². The maximum Gasteiger partial charge on any atom is 0.315 e. The van der Waals surface area contributed by atoms with Gasteiger partial charge in [0.25, 0.3) is 0 Å². The fraction of sp³-hybridized carbons (Fsp3) is 0.550. The van der Waals surface area contributed by atoms with Crippen LogP contribution in [0.3, 0.4) is 0 Å². The third kappa shape index (κ3) is 5.70. The van der Waals surface area contributed by atoms with Gasteiger partial charge in [0.05, 0.1) is 6.04 Å².